The Morgan fingerprint density at radius 3 is 2.65 bits per heavy atom. The molecule has 0 spiro atoms. The Morgan fingerprint density at radius 2 is 2.05 bits per heavy atom. The van der Waals surface area contributed by atoms with Crippen molar-refractivity contribution >= 4 is 11.5 Å². The molecule has 1 heterocycles. The van der Waals surface area contributed by atoms with E-state index in [-0.39, 0.29) is 6.10 Å². The number of ether oxygens (including phenoxy) is 1. The summed E-state index contributed by atoms with van der Waals surface area (Å²) in [6, 6.07) is 3.72. The molecule has 1 aromatic heterocycles. The minimum Gasteiger partial charge on any atom is -0.473 e. The number of hydrogen-bond donors (Lipinski definition) is 2. The average molecular weight is 280 g/mol. The van der Waals surface area contributed by atoms with Crippen LogP contribution in [0, 0.1) is 0 Å². The third-order valence-corrected chi connectivity index (χ3v) is 2.96. The Labute approximate surface area is 122 Å². The van der Waals surface area contributed by atoms with Gasteiger partial charge in [0.2, 0.25) is 5.88 Å². The predicted octanol–water partition coefficient (Wildman–Crippen LogP) is 2.59. The van der Waals surface area contributed by atoms with Gasteiger partial charge in [-0.15, -0.1) is 0 Å². The Hall–Kier alpha value is -1.49. The number of nitrogens with one attached hydrogen (secondary N) is 1. The number of nitrogens with two attached hydrogens (primary N) is 1. The third-order valence-electron chi connectivity index (χ3n) is 2.96. The number of likely N-dealkylation sites (N-methyl/N-ethyl adjacent to an activating group) is 1. The van der Waals surface area contributed by atoms with E-state index in [9.17, 15) is 0 Å². The van der Waals surface area contributed by atoms with Gasteiger partial charge in [0.1, 0.15) is 5.82 Å². The summed E-state index contributed by atoms with van der Waals surface area (Å²) in [4.78, 5) is 6.82. The van der Waals surface area contributed by atoms with Gasteiger partial charge in [0, 0.05) is 13.1 Å². The molecule has 0 aliphatic carbocycles. The normalized spacial score (nSPS) is 11.1. The second-order valence-electron chi connectivity index (χ2n) is 5.12. The molecule has 0 aromatic carbocycles. The van der Waals surface area contributed by atoms with E-state index in [1.165, 1.54) is 6.42 Å². The summed E-state index contributed by atoms with van der Waals surface area (Å²) in [5.74, 6) is 1.31. The summed E-state index contributed by atoms with van der Waals surface area (Å²) >= 11 is 0. The Morgan fingerprint density at radius 1 is 1.30 bits per heavy atom. The topological polar surface area (TPSA) is 63.4 Å². The molecule has 0 unspecified atom stereocenters. The second-order valence-corrected chi connectivity index (χ2v) is 5.12. The van der Waals surface area contributed by atoms with Crippen molar-refractivity contribution in [3.05, 3.63) is 12.1 Å². The lowest BCUT2D eigenvalue weighted by atomic mass is 10.3. The molecule has 0 saturated heterocycles. The Bertz CT molecular complexity index is 395. The van der Waals surface area contributed by atoms with Crippen LogP contribution in [-0.4, -0.2) is 42.2 Å². The molecular weight excluding hydrogens is 252 g/mol. The van der Waals surface area contributed by atoms with Crippen molar-refractivity contribution in [1.82, 2.24) is 9.88 Å². The van der Waals surface area contributed by atoms with Crippen molar-refractivity contribution in [2.75, 3.05) is 37.2 Å². The molecule has 5 nitrogen and oxygen atoms in total. The first-order valence-corrected chi connectivity index (χ1v) is 7.46. The summed E-state index contributed by atoms with van der Waals surface area (Å²) in [6.07, 6.45) is 1.25. The lowest BCUT2D eigenvalue weighted by Crippen LogP contribution is -2.29. The van der Waals surface area contributed by atoms with E-state index in [0.29, 0.717) is 11.6 Å². The van der Waals surface area contributed by atoms with Crippen LogP contribution in [0.15, 0.2) is 12.1 Å². The fraction of sp³-hybridized carbons (Fsp3) is 0.667. The maximum atomic E-state index is 5.85. The highest BCUT2D eigenvalue weighted by Crippen LogP contribution is 2.21. The van der Waals surface area contributed by atoms with E-state index in [0.717, 1.165) is 32.0 Å². The van der Waals surface area contributed by atoms with Crippen molar-refractivity contribution < 1.29 is 4.74 Å². The van der Waals surface area contributed by atoms with Gasteiger partial charge in [-0.05, 0) is 45.5 Å². The molecule has 1 aromatic rings. The van der Waals surface area contributed by atoms with Crippen LogP contribution in [0.25, 0.3) is 0 Å². The van der Waals surface area contributed by atoms with Gasteiger partial charge in [0.05, 0.1) is 11.8 Å². The largest absolute Gasteiger partial charge is 0.473 e. The zero-order chi connectivity index (χ0) is 15.0. The molecule has 0 radical (unpaired) electrons. The highest BCUT2D eigenvalue weighted by Gasteiger charge is 2.06. The molecule has 0 aliphatic heterocycles. The molecule has 0 amide bonds. The first kappa shape index (κ1) is 16.6. The highest BCUT2D eigenvalue weighted by atomic mass is 16.5. The molecule has 0 aliphatic rings. The van der Waals surface area contributed by atoms with Crippen LogP contribution in [0.2, 0.25) is 0 Å². The van der Waals surface area contributed by atoms with Crippen LogP contribution in [0.5, 0.6) is 5.88 Å². The average Bonchev–Trinajstić information content (AvgIpc) is 2.40. The number of aromatic nitrogens is 1. The van der Waals surface area contributed by atoms with Crippen LogP contribution in [0.4, 0.5) is 11.5 Å². The molecule has 114 valence electrons. The van der Waals surface area contributed by atoms with Gasteiger partial charge < -0.3 is 20.7 Å². The SMILES string of the molecule is CCCN(CC)CCNc1ccc(N)c(OC(C)C)n1. The van der Waals surface area contributed by atoms with E-state index in [1.807, 2.05) is 26.0 Å². The molecule has 0 fully saturated rings. The monoisotopic (exact) mass is 280 g/mol. The number of nitrogens with zero attached hydrogens (tertiary/aromatic N) is 2. The van der Waals surface area contributed by atoms with Gasteiger partial charge in [-0.2, -0.15) is 4.98 Å². The Kier molecular flexibility index (Phi) is 7.15. The number of nitrogen functional groups attached to an aromatic ring is 1. The zero-order valence-electron chi connectivity index (χ0n) is 13.1. The molecule has 0 atom stereocenters. The number of anilines is 2. The molecule has 1 rings (SSSR count). The molecule has 20 heavy (non-hydrogen) atoms. The minimum atomic E-state index is 0.0696. The maximum absolute atomic E-state index is 5.85. The van der Waals surface area contributed by atoms with Gasteiger partial charge in [0.25, 0.3) is 0 Å². The third kappa shape index (κ3) is 5.65. The van der Waals surface area contributed by atoms with Crippen LogP contribution in [0.1, 0.15) is 34.1 Å². The molecule has 0 saturated carbocycles. The van der Waals surface area contributed by atoms with Crippen molar-refractivity contribution in [2.45, 2.75) is 40.2 Å². The van der Waals surface area contributed by atoms with Crippen LogP contribution >= 0.6 is 0 Å². The van der Waals surface area contributed by atoms with E-state index >= 15 is 0 Å². The fourth-order valence-corrected chi connectivity index (χ4v) is 1.95. The summed E-state index contributed by atoms with van der Waals surface area (Å²) in [5.41, 5.74) is 6.43. The standard InChI is InChI=1S/C15H28N4O/c1-5-10-19(6-2)11-9-17-14-8-7-13(16)15(18-14)20-12(3)4/h7-8,12H,5-6,9-11,16H2,1-4H3,(H,17,18). The van der Waals surface area contributed by atoms with Gasteiger partial charge in [-0.25, -0.2) is 0 Å². The van der Waals surface area contributed by atoms with Gasteiger partial charge in [-0.1, -0.05) is 13.8 Å². The quantitative estimate of drug-likeness (QED) is 0.728. The van der Waals surface area contributed by atoms with E-state index in [2.05, 4.69) is 29.0 Å². The lowest BCUT2D eigenvalue weighted by Gasteiger charge is -2.20. The second kappa shape index (κ2) is 8.64. The van der Waals surface area contributed by atoms with Crippen molar-refractivity contribution in [1.29, 1.82) is 0 Å². The van der Waals surface area contributed by atoms with E-state index in [4.69, 9.17) is 10.5 Å². The predicted molar refractivity (Wildman–Crippen MR) is 85.3 cm³/mol. The van der Waals surface area contributed by atoms with Gasteiger partial charge in [0.15, 0.2) is 0 Å². The van der Waals surface area contributed by atoms with Crippen molar-refractivity contribution in [2.24, 2.45) is 0 Å². The number of hydrogen-bond acceptors (Lipinski definition) is 5. The smallest absolute Gasteiger partial charge is 0.239 e. The number of rotatable bonds is 9. The van der Waals surface area contributed by atoms with Crippen molar-refractivity contribution in [3.8, 4) is 5.88 Å². The first-order valence-electron chi connectivity index (χ1n) is 7.46. The molecule has 0 bridgehead atoms. The van der Waals surface area contributed by atoms with Gasteiger partial charge >= 0.3 is 0 Å². The lowest BCUT2D eigenvalue weighted by molar-refractivity contribution is 0.234. The van der Waals surface area contributed by atoms with Crippen LogP contribution in [-0.2, 0) is 0 Å². The molecular formula is C15H28N4O. The van der Waals surface area contributed by atoms with Crippen LogP contribution in [0.3, 0.4) is 0 Å². The minimum absolute atomic E-state index is 0.0696. The zero-order valence-corrected chi connectivity index (χ0v) is 13.1. The summed E-state index contributed by atoms with van der Waals surface area (Å²) in [6.45, 7) is 12.4. The van der Waals surface area contributed by atoms with Gasteiger partial charge in [-0.3, -0.25) is 0 Å². The molecule has 3 N–H and O–H groups in total. The summed E-state index contributed by atoms with van der Waals surface area (Å²) in [5, 5.41) is 3.32. The first-order chi connectivity index (χ1) is 9.56. The fourth-order valence-electron chi connectivity index (χ4n) is 1.95. The maximum Gasteiger partial charge on any atom is 0.239 e. The van der Waals surface area contributed by atoms with E-state index in [1.54, 1.807) is 0 Å². The summed E-state index contributed by atoms with van der Waals surface area (Å²) < 4.78 is 5.59. The highest BCUT2D eigenvalue weighted by molar-refractivity contribution is 5.53. The van der Waals surface area contributed by atoms with Crippen LogP contribution < -0.4 is 15.8 Å². The summed E-state index contributed by atoms with van der Waals surface area (Å²) in [7, 11) is 0. The van der Waals surface area contributed by atoms with E-state index < -0.39 is 0 Å². The van der Waals surface area contributed by atoms with Crippen molar-refractivity contribution in [3.63, 3.8) is 0 Å². The molecule has 5 heteroatoms. The number of pyridine rings is 1. The Balaban J connectivity index is 2.51.